The number of benzene rings is 2. The van der Waals surface area contributed by atoms with E-state index in [4.69, 9.17) is 9.40 Å². The van der Waals surface area contributed by atoms with Gasteiger partial charge in [-0.1, -0.05) is 85.4 Å². The van der Waals surface area contributed by atoms with Crippen LogP contribution in [0.15, 0.2) is 58.8 Å². The van der Waals surface area contributed by atoms with E-state index in [1.54, 1.807) is 0 Å². The van der Waals surface area contributed by atoms with Crippen LogP contribution in [-0.4, -0.2) is 20.9 Å². The maximum absolute atomic E-state index is 11.7. The summed E-state index contributed by atoms with van der Waals surface area (Å²) in [5, 5.41) is 14.2. The van der Waals surface area contributed by atoms with Crippen molar-refractivity contribution in [3.05, 3.63) is 82.9 Å². The van der Waals surface area contributed by atoms with Crippen molar-refractivity contribution in [2.45, 2.75) is 112 Å². The van der Waals surface area contributed by atoms with E-state index in [2.05, 4.69) is 76.0 Å². The average molecular weight is 824 g/mol. The molecule has 0 bridgehead atoms. The molecule has 5 nitrogen and oxygen atoms in total. The van der Waals surface area contributed by atoms with Crippen LogP contribution in [0, 0.1) is 31.7 Å². The van der Waals surface area contributed by atoms with Gasteiger partial charge in [0.05, 0.1) is 11.3 Å². The molecule has 1 aliphatic carbocycles. The molecule has 257 valence electrons. The van der Waals surface area contributed by atoms with Crippen LogP contribution < -0.4 is 0 Å². The van der Waals surface area contributed by atoms with E-state index in [1.807, 2.05) is 46.9 Å². The first-order chi connectivity index (χ1) is 22.2. The summed E-state index contributed by atoms with van der Waals surface area (Å²) >= 11 is 0. The number of allylic oxidation sites excluding steroid dienone is 2. The third kappa shape index (κ3) is 7.16. The molecule has 0 atom stereocenters. The van der Waals surface area contributed by atoms with Gasteiger partial charge in [-0.25, -0.2) is 4.98 Å². The Hall–Kier alpha value is -3.34. The molecular formula is C42H51IrN2O3-. The molecule has 6 heteroatoms. The monoisotopic (exact) mass is 824 g/mol. The van der Waals surface area contributed by atoms with Crippen LogP contribution in [0.4, 0.5) is 0 Å². The zero-order chi connectivity index (χ0) is 34.3. The molecule has 1 aliphatic rings. The number of fused-ring (bicyclic) bond motifs is 5. The van der Waals surface area contributed by atoms with E-state index in [0.29, 0.717) is 5.71 Å². The number of aliphatic hydroxyl groups is 1. The van der Waals surface area contributed by atoms with E-state index in [0.717, 1.165) is 76.4 Å². The van der Waals surface area contributed by atoms with Gasteiger partial charge in [-0.3, -0.25) is 4.79 Å². The molecule has 3 aromatic heterocycles. The summed E-state index contributed by atoms with van der Waals surface area (Å²) in [5.41, 5.74) is 8.51. The van der Waals surface area contributed by atoms with Crippen molar-refractivity contribution in [1.82, 2.24) is 9.97 Å². The molecule has 0 aliphatic heterocycles. The van der Waals surface area contributed by atoms with E-state index in [1.165, 1.54) is 22.6 Å². The molecule has 1 radical (unpaired) electrons. The van der Waals surface area contributed by atoms with Gasteiger partial charge in [0.25, 0.3) is 0 Å². The molecular weight excluding hydrogens is 773 g/mol. The minimum Gasteiger partial charge on any atom is -0.512 e. The number of rotatable bonds is 8. The van der Waals surface area contributed by atoms with E-state index in [-0.39, 0.29) is 54.3 Å². The van der Waals surface area contributed by atoms with Gasteiger partial charge in [0.2, 0.25) is 5.71 Å². The average Bonchev–Trinajstić information content (AvgIpc) is 3.46. The van der Waals surface area contributed by atoms with E-state index >= 15 is 0 Å². The summed E-state index contributed by atoms with van der Waals surface area (Å²) in [6.45, 7) is 21.6. The van der Waals surface area contributed by atoms with Crippen LogP contribution in [0.3, 0.4) is 0 Å². The second-order valence-corrected chi connectivity index (χ2v) is 14.7. The topological polar surface area (TPSA) is 76.2 Å². The minimum absolute atomic E-state index is 0. The van der Waals surface area contributed by atoms with Crippen molar-refractivity contribution in [2.24, 2.45) is 11.8 Å². The Balaban J connectivity index is 0.000000279. The SMILES string of the molecule is CCC(CC)C(=O)/C=C(\O)C(CC)CC.Cc1[c-]c(-c2nccc3cc4c(cc23)C(C)(C)CC4(C)C)c2oc3nc(C)ccc3c2c1.[Ir]. The molecule has 0 spiro atoms. The van der Waals surface area contributed by atoms with Crippen molar-refractivity contribution < 1.29 is 34.4 Å². The standard InChI is InChI=1S/C29H27N2O.C13H24O2.Ir/c1-16-11-21-19-8-7-17(2)31-27(19)32-26(21)22(12-16)25-20-14-24-23(13-18(20)9-10-30-25)28(3,4)15-29(24,5)6;1-5-10(6-2)12(14)9-13(15)11(7-3)8-4;/h7-11,13-14H,15H2,1-6H3;9-11,14H,5-8H2,1-4H3;/q-1;;/b;12-9-;. The van der Waals surface area contributed by atoms with Crippen molar-refractivity contribution in [3.63, 3.8) is 0 Å². The number of hydrogen-bond donors (Lipinski definition) is 1. The third-order valence-corrected chi connectivity index (χ3v) is 10.2. The number of nitrogens with zero attached hydrogens (tertiary/aromatic N) is 2. The molecule has 3 heterocycles. The summed E-state index contributed by atoms with van der Waals surface area (Å²) in [6, 6.07) is 16.7. The minimum atomic E-state index is 0. The van der Waals surface area contributed by atoms with Crippen molar-refractivity contribution >= 4 is 38.6 Å². The van der Waals surface area contributed by atoms with Crippen LogP contribution >= 0.6 is 0 Å². The Morgan fingerprint density at radius 2 is 1.52 bits per heavy atom. The van der Waals surface area contributed by atoms with Crippen LogP contribution in [-0.2, 0) is 35.7 Å². The summed E-state index contributed by atoms with van der Waals surface area (Å²) in [6.07, 6.45) is 7.96. The number of hydrogen-bond acceptors (Lipinski definition) is 5. The van der Waals surface area contributed by atoms with Crippen LogP contribution in [0.1, 0.15) is 110 Å². The van der Waals surface area contributed by atoms with Gasteiger partial charge in [-0.2, -0.15) is 0 Å². The predicted octanol–water partition coefficient (Wildman–Crippen LogP) is 11.4. The third-order valence-electron chi connectivity index (χ3n) is 10.2. The second kappa shape index (κ2) is 14.6. The molecule has 6 rings (SSSR count). The molecule has 2 aromatic carbocycles. The number of carbonyl (C=O) groups is 1. The zero-order valence-electron chi connectivity index (χ0n) is 30.3. The Bertz CT molecular complexity index is 1980. The summed E-state index contributed by atoms with van der Waals surface area (Å²) in [4.78, 5) is 21.2. The van der Waals surface area contributed by atoms with Gasteiger partial charge >= 0.3 is 0 Å². The normalized spacial score (nSPS) is 15.1. The van der Waals surface area contributed by atoms with Crippen LogP contribution in [0.5, 0.6) is 0 Å². The fourth-order valence-corrected chi connectivity index (χ4v) is 7.71. The Morgan fingerprint density at radius 1 is 0.896 bits per heavy atom. The first kappa shape index (κ1) is 37.5. The first-order valence-electron chi connectivity index (χ1n) is 17.4. The van der Waals surface area contributed by atoms with E-state index in [9.17, 15) is 9.90 Å². The van der Waals surface area contributed by atoms with Crippen LogP contribution in [0.25, 0.3) is 44.1 Å². The fraction of sp³-hybridized carbons (Fsp3) is 0.452. The number of furan rings is 1. The number of aliphatic hydroxyl groups excluding tert-OH is 1. The molecule has 0 saturated heterocycles. The molecule has 0 unspecified atom stereocenters. The largest absolute Gasteiger partial charge is 0.512 e. The maximum Gasteiger partial charge on any atom is 0.216 e. The molecule has 0 amide bonds. The smallest absolute Gasteiger partial charge is 0.216 e. The Labute approximate surface area is 300 Å². The van der Waals surface area contributed by atoms with Crippen molar-refractivity contribution in [2.75, 3.05) is 0 Å². The number of aryl methyl sites for hydroxylation is 2. The van der Waals surface area contributed by atoms with Gasteiger partial charge in [-0.15, -0.1) is 17.7 Å². The van der Waals surface area contributed by atoms with Gasteiger partial charge < -0.3 is 14.5 Å². The summed E-state index contributed by atoms with van der Waals surface area (Å²) < 4.78 is 6.31. The predicted molar refractivity (Wildman–Crippen MR) is 195 cm³/mol. The quantitative estimate of drug-likeness (QED) is 0.0958. The molecule has 48 heavy (non-hydrogen) atoms. The fourth-order valence-electron chi connectivity index (χ4n) is 7.71. The van der Waals surface area contributed by atoms with Crippen LogP contribution in [0.2, 0.25) is 0 Å². The Morgan fingerprint density at radius 3 is 2.15 bits per heavy atom. The second-order valence-electron chi connectivity index (χ2n) is 14.7. The van der Waals surface area contributed by atoms with Gasteiger partial charge in [0, 0.05) is 55.3 Å². The summed E-state index contributed by atoms with van der Waals surface area (Å²) in [5.74, 6) is 0.547. The Kier molecular flexibility index (Phi) is 11.4. The van der Waals surface area contributed by atoms with Crippen molar-refractivity contribution in [1.29, 1.82) is 0 Å². The molecule has 5 aromatic rings. The molecule has 0 saturated carbocycles. The zero-order valence-corrected chi connectivity index (χ0v) is 32.7. The van der Waals surface area contributed by atoms with Gasteiger partial charge in [0.1, 0.15) is 0 Å². The number of pyridine rings is 2. The molecule has 0 fully saturated rings. The number of ketones is 1. The number of carbonyl (C=O) groups excluding carboxylic acids is 1. The van der Waals surface area contributed by atoms with Crippen molar-refractivity contribution in [3.8, 4) is 11.3 Å². The number of aromatic nitrogens is 2. The van der Waals surface area contributed by atoms with E-state index < -0.39 is 0 Å². The van der Waals surface area contributed by atoms with Gasteiger partial charge in [0.15, 0.2) is 5.78 Å². The molecule has 1 N–H and O–H groups in total. The first-order valence-corrected chi connectivity index (χ1v) is 17.4. The van der Waals surface area contributed by atoms with Gasteiger partial charge in [-0.05, 0) is 95.7 Å². The maximum atomic E-state index is 11.7. The summed E-state index contributed by atoms with van der Waals surface area (Å²) in [7, 11) is 0.